The Morgan fingerprint density at radius 3 is 2.68 bits per heavy atom. The summed E-state index contributed by atoms with van der Waals surface area (Å²) in [6.07, 6.45) is 0. The number of rotatable bonds is 3. The average Bonchev–Trinajstić information content (AvgIpc) is 2.78. The van der Waals surface area contributed by atoms with Crippen molar-refractivity contribution in [3.63, 3.8) is 0 Å². The molecular formula is C12H10N2O4S. The van der Waals surface area contributed by atoms with Crippen LogP contribution >= 0.6 is 11.3 Å². The molecule has 0 aliphatic carbocycles. The Kier molecular flexibility index (Phi) is 3.48. The van der Waals surface area contributed by atoms with Crippen molar-refractivity contribution in [2.75, 3.05) is 5.32 Å². The van der Waals surface area contributed by atoms with E-state index in [2.05, 4.69) is 10.3 Å². The molecule has 0 unspecified atom stereocenters. The molecule has 2 aromatic rings. The van der Waals surface area contributed by atoms with Gasteiger partial charge in [-0.05, 0) is 25.1 Å². The minimum absolute atomic E-state index is 0.0254. The predicted octanol–water partition coefficient (Wildman–Crippen LogP) is 2.11. The Labute approximate surface area is 112 Å². The Morgan fingerprint density at radius 2 is 2.11 bits per heavy atom. The third-order valence-corrected chi connectivity index (χ3v) is 3.12. The third-order valence-electron chi connectivity index (χ3n) is 2.34. The highest BCUT2D eigenvalue weighted by molar-refractivity contribution is 7.09. The molecule has 3 N–H and O–H groups in total. The SMILES string of the molecule is Cc1nc(C(=O)Nc2cc(C(=O)O)ccc2O)cs1. The second-order valence-corrected chi connectivity index (χ2v) is 4.81. The largest absolute Gasteiger partial charge is 0.506 e. The molecule has 1 aromatic carbocycles. The lowest BCUT2D eigenvalue weighted by Crippen LogP contribution is -2.13. The number of thiazole rings is 1. The molecule has 0 radical (unpaired) electrons. The molecule has 0 bridgehead atoms. The number of phenols is 1. The van der Waals surface area contributed by atoms with E-state index in [1.165, 1.54) is 29.5 Å². The van der Waals surface area contributed by atoms with Gasteiger partial charge in [0.15, 0.2) is 0 Å². The van der Waals surface area contributed by atoms with Gasteiger partial charge in [-0.15, -0.1) is 11.3 Å². The number of carboxylic acid groups (broad SMARTS) is 1. The molecule has 0 aliphatic heterocycles. The molecular weight excluding hydrogens is 268 g/mol. The Balaban J connectivity index is 2.25. The van der Waals surface area contributed by atoms with E-state index >= 15 is 0 Å². The quantitative estimate of drug-likeness (QED) is 0.747. The summed E-state index contributed by atoms with van der Waals surface area (Å²) in [7, 11) is 0. The number of nitrogens with one attached hydrogen (secondary N) is 1. The van der Waals surface area contributed by atoms with Crippen molar-refractivity contribution in [1.82, 2.24) is 4.98 Å². The first-order valence-corrected chi connectivity index (χ1v) is 6.15. The standard InChI is InChI=1S/C12H10N2O4S/c1-6-13-9(5-19-6)11(16)14-8-4-7(12(17)18)2-3-10(8)15/h2-5,15H,1H3,(H,14,16)(H,17,18). The van der Waals surface area contributed by atoms with Crippen molar-refractivity contribution >= 4 is 28.9 Å². The van der Waals surface area contributed by atoms with Gasteiger partial charge in [0, 0.05) is 5.38 Å². The summed E-state index contributed by atoms with van der Waals surface area (Å²) in [5.41, 5.74) is 0.237. The van der Waals surface area contributed by atoms with Crippen LogP contribution in [0.15, 0.2) is 23.6 Å². The van der Waals surface area contributed by atoms with E-state index in [0.717, 1.165) is 5.01 Å². The van der Waals surface area contributed by atoms with Crippen molar-refractivity contribution in [2.45, 2.75) is 6.92 Å². The van der Waals surface area contributed by atoms with Gasteiger partial charge in [-0.3, -0.25) is 4.79 Å². The number of aromatic hydroxyl groups is 1. The zero-order valence-corrected chi connectivity index (χ0v) is 10.7. The van der Waals surface area contributed by atoms with E-state index < -0.39 is 11.9 Å². The summed E-state index contributed by atoms with van der Waals surface area (Å²) >= 11 is 1.33. The smallest absolute Gasteiger partial charge is 0.335 e. The van der Waals surface area contributed by atoms with Crippen LogP contribution in [0.25, 0.3) is 0 Å². The number of phenolic OH excluding ortho intramolecular Hbond substituents is 1. The first kappa shape index (κ1) is 13.0. The van der Waals surface area contributed by atoms with Crippen LogP contribution in [0.5, 0.6) is 5.75 Å². The van der Waals surface area contributed by atoms with Gasteiger partial charge in [-0.2, -0.15) is 0 Å². The normalized spacial score (nSPS) is 10.2. The lowest BCUT2D eigenvalue weighted by Gasteiger charge is -2.06. The zero-order valence-electron chi connectivity index (χ0n) is 9.88. The van der Waals surface area contributed by atoms with Crippen molar-refractivity contribution in [3.8, 4) is 5.75 Å². The number of hydrogen-bond acceptors (Lipinski definition) is 5. The summed E-state index contributed by atoms with van der Waals surface area (Å²) in [6.45, 7) is 1.77. The van der Waals surface area contributed by atoms with Crippen molar-refractivity contribution in [1.29, 1.82) is 0 Å². The van der Waals surface area contributed by atoms with Gasteiger partial charge in [0.05, 0.1) is 16.3 Å². The summed E-state index contributed by atoms with van der Waals surface area (Å²) < 4.78 is 0. The number of anilines is 1. The van der Waals surface area contributed by atoms with Gasteiger partial charge in [0.1, 0.15) is 11.4 Å². The second kappa shape index (κ2) is 5.07. The molecule has 1 aromatic heterocycles. The molecule has 1 heterocycles. The van der Waals surface area contributed by atoms with Gasteiger partial charge in [0.2, 0.25) is 0 Å². The Hall–Kier alpha value is -2.41. The zero-order chi connectivity index (χ0) is 14.0. The van der Waals surface area contributed by atoms with E-state index in [1.54, 1.807) is 12.3 Å². The van der Waals surface area contributed by atoms with Crippen LogP contribution < -0.4 is 5.32 Å². The summed E-state index contributed by atoms with van der Waals surface area (Å²) in [6, 6.07) is 3.65. The average molecular weight is 278 g/mol. The van der Waals surface area contributed by atoms with E-state index in [4.69, 9.17) is 5.11 Å². The molecule has 0 atom stereocenters. The number of nitrogens with zero attached hydrogens (tertiary/aromatic N) is 1. The molecule has 0 aliphatic rings. The molecule has 7 heteroatoms. The van der Waals surface area contributed by atoms with Crippen LogP contribution in [0.1, 0.15) is 25.9 Å². The molecule has 19 heavy (non-hydrogen) atoms. The minimum Gasteiger partial charge on any atom is -0.506 e. The fraction of sp³-hybridized carbons (Fsp3) is 0.0833. The van der Waals surface area contributed by atoms with Crippen LogP contribution in [-0.2, 0) is 0 Å². The second-order valence-electron chi connectivity index (χ2n) is 3.74. The van der Waals surface area contributed by atoms with Crippen molar-refractivity contribution in [2.24, 2.45) is 0 Å². The maximum atomic E-state index is 11.8. The fourth-order valence-corrected chi connectivity index (χ4v) is 2.02. The van der Waals surface area contributed by atoms with E-state index in [-0.39, 0.29) is 22.7 Å². The first-order valence-electron chi connectivity index (χ1n) is 5.27. The van der Waals surface area contributed by atoms with Gasteiger partial charge in [-0.1, -0.05) is 0 Å². The highest BCUT2D eigenvalue weighted by Crippen LogP contribution is 2.25. The molecule has 0 saturated heterocycles. The lowest BCUT2D eigenvalue weighted by molar-refractivity contribution is 0.0696. The number of amides is 1. The van der Waals surface area contributed by atoms with Gasteiger partial charge < -0.3 is 15.5 Å². The molecule has 0 fully saturated rings. The Bertz CT molecular complexity index is 651. The third kappa shape index (κ3) is 2.89. The number of benzene rings is 1. The van der Waals surface area contributed by atoms with Crippen LogP contribution in [0, 0.1) is 6.92 Å². The maximum absolute atomic E-state index is 11.8. The minimum atomic E-state index is -1.14. The molecule has 2 rings (SSSR count). The number of aromatic nitrogens is 1. The molecule has 0 saturated carbocycles. The number of carbonyl (C=O) groups excluding carboxylic acids is 1. The van der Waals surface area contributed by atoms with Gasteiger partial charge in [0.25, 0.3) is 5.91 Å². The maximum Gasteiger partial charge on any atom is 0.335 e. The molecule has 6 nitrogen and oxygen atoms in total. The monoisotopic (exact) mass is 278 g/mol. The van der Waals surface area contributed by atoms with E-state index in [9.17, 15) is 14.7 Å². The van der Waals surface area contributed by atoms with Crippen LogP contribution in [-0.4, -0.2) is 27.1 Å². The number of hydrogen-bond donors (Lipinski definition) is 3. The van der Waals surface area contributed by atoms with Gasteiger partial charge in [-0.25, -0.2) is 9.78 Å². The number of aromatic carboxylic acids is 1. The first-order chi connectivity index (χ1) is 8.97. The molecule has 0 spiro atoms. The lowest BCUT2D eigenvalue weighted by atomic mass is 10.2. The van der Waals surface area contributed by atoms with Crippen molar-refractivity contribution < 1.29 is 19.8 Å². The van der Waals surface area contributed by atoms with Gasteiger partial charge >= 0.3 is 5.97 Å². The predicted molar refractivity (Wildman–Crippen MR) is 69.9 cm³/mol. The number of carboxylic acids is 1. The van der Waals surface area contributed by atoms with Crippen LogP contribution in [0.2, 0.25) is 0 Å². The number of aryl methyl sites for hydroxylation is 1. The summed E-state index contributed by atoms with van der Waals surface area (Å²) in [5.74, 6) is -1.84. The van der Waals surface area contributed by atoms with Crippen LogP contribution in [0.3, 0.4) is 0 Å². The molecule has 1 amide bonds. The van der Waals surface area contributed by atoms with Crippen molar-refractivity contribution in [3.05, 3.63) is 39.8 Å². The summed E-state index contributed by atoms with van der Waals surface area (Å²) in [4.78, 5) is 26.7. The highest BCUT2D eigenvalue weighted by Gasteiger charge is 2.13. The van der Waals surface area contributed by atoms with E-state index in [0.29, 0.717) is 0 Å². The molecule has 98 valence electrons. The van der Waals surface area contributed by atoms with Crippen LogP contribution in [0.4, 0.5) is 5.69 Å². The highest BCUT2D eigenvalue weighted by atomic mass is 32.1. The summed E-state index contributed by atoms with van der Waals surface area (Å²) in [5, 5.41) is 23.2. The van der Waals surface area contributed by atoms with E-state index in [1.807, 2.05) is 0 Å². The topological polar surface area (TPSA) is 99.5 Å². The Morgan fingerprint density at radius 1 is 1.37 bits per heavy atom. The fourth-order valence-electron chi connectivity index (χ4n) is 1.42. The number of carbonyl (C=O) groups is 2.